The van der Waals surface area contributed by atoms with Crippen LogP contribution < -0.4 is 11.1 Å². The number of nitrogens with one attached hydrogen (secondary N) is 1. The predicted octanol–water partition coefficient (Wildman–Crippen LogP) is 4.84. The largest absolute Gasteiger partial charge is 0.481 e. The first-order valence-corrected chi connectivity index (χ1v) is 11.2. The monoisotopic (exact) mass is 456 g/mol. The van der Waals surface area contributed by atoms with Crippen LogP contribution in [-0.2, 0) is 18.4 Å². The van der Waals surface area contributed by atoms with Crippen LogP contribution in [0.1, 0.15) is 46.6 Å². The van der Waals surface area contributed by atoms with Gasteiger partial charge in [0.25, 0.3) is 5.91 Å². The minimum absolute atomic E-state index is 0.325. The number of nitrogens with two attached hydrogens (primary N) is 1. The van der Waals surface area contributed by atoms with E-state index in [9.17, 15) is 14.7 Å². The molecule has 1 heterocycles. The average molecular weight is 457 g/mol. The summed E-state index contributed by atoms with van der Waals surface area (Å²) in [5.74, 6) is -1.11. The number of para-hydroxylation sites is 1. The summed E-state index contributed by atoms with van der Waals surface area (Å²) in [5, 5.41) is 12.5. The van der Waals surface area contributed by atoms with Crippen LogP contribution in [0.2, 0.25) is 0 Å². The lowest BCUT2D eigenvalue weighted by molar-refractivity contribution is -0.138. The highest BCUT2D eigenvalue weighted by molar-refractivity contribution is 6.09. The molecule has 0 fully saturated rings. The molecule has 0 bridgehead atoms. The van der Waals surface area contributed by atoms with Gasteiger partial charge in [0.2, 0.25) is 0 Å². The number of hydrogen-bond acceptors (Lipinski definition) is 4. The number of anilines is 1. The van der Waals surface area contributed by atoms with Crippen LogP contribution in [0.3, 0.4) is 0 Å². The quantitative estimate of drug-likeness (QED) is 0.369. The Hall–Kier alpha value is -3.97. The first kappa shape index (κ1) is 23.2. The summed E-state index contributed by atoms with van der Waals surface area (Å²) in [6.45, 7) is 4.16. The van der Waals surface area contributed by atoms with Crippen LogP contribution in [0, 0.1) is 6.92 Å². The third-order valence-electron chi connectivity index (χ3n) is 6.22. The number of aryl methyl sites for hydroxylation is 2. The Kier molecular flexibility index (Phi) is 6.47. The number of hydrogen-bond donors (Lipinski definition) is 3. The number of rotatable bonds is 7. The maximum Gasteiger partial charge on any atom is 0.311 e. The average Bonchev–Trinajstić information content (AvgIpc) is 3.13. The highest BCUT2D eigenvalue weighted by Crippen LogP contribution is 2.32. The van der Waals surface area contributed by atoms with Crippen molar-refractivity contribution in [2.24, 2.45) is 12.8 Å². The highest BCUT2D eigenvalue weighted by atomic mass is 16.4. The second-order valence-electron chi connectivity index (χ2n) is 8.35. The number of nitrogens with zero attached hydrogens (tertiary/aromatic N) is 2. The SMILES string of the molecule is CCC(C(=O)O)c1ccccc1NC(=O)c1cc(-c2cccc(CN)c2)c2c(c1)nc(C)n2C. The number of imidazole rings is 1. The lowest BCUT2D eigenvalue weighted by Crippen LogP contribution is -2.17. The van der Waals surface area contributed by atoms with Gasteiger partial charge in [-0.15, -0.1) is 0 Å². The van der Waals surface area contributed by atoms with Crippen molar-refractivity contribution >= 4 is 28.6 Å². The van der Waals surface area contributed by atoms with Gasteiger partial charge >= 0.3 is 5.97 Å². The van der Waals surface area contributed by atoms with Crippen molar-refractivity contribution < 1.29 is 14.7 Å². The van der Waals surface area contributed by atoms with E-state index in [1.165, 1.54) is 0 Å². The molecule has 0 radical (unpaired) electrons. The van der Waals surface area contributed by atoms with Crippen LogP contribution in [0.4, 0.5) is 5.69 Å². The van der Waals surface area contributed by atoms with Crippen molar-refractivity contribution in [1.29, 1.82) is 0 Å². The van der Waals surface area contributed by atoms with E-state index in [2.05, 4.69) is 10.3 Å². The Bertz CT molecular complexity index is 1390. The van der Waals surface area contributed by atoms with Crippen LogP contribution >= 0.6 is 0 Å². The molecule has 3 aromatic carbocycles. The lowest BCUT2D eigenvalue weighted by Gasteiger charge is -2.16. The first-order chi connectivity index (χ1) is 16.3. The summed E-state index contributed by atoms with van der Waals surface area (Å²) in [4.78, 5) is 29.8. The summed E-state index contributed by atoms with van der Waals surface area (Å²) in [7, 11) is 1.95. The fraction of sp³-hybridized carbons (Fsp3) is 0.222. The Morgan fingerprint density at radius 2 is 1.88 bits per heavy atom. The van der Waals surface area contributed by atoms with Crippen LogP contribution in [0.25, 0.3) is 22.2 Å². The molecule has 4 rings (SSSR count). The van der Waals surface area contributed by atoms with Gasteiger partial charge < -0.3 is 20.7 Å². The van der Waals surface area contributed by atoms with Crippen LogP contribution in [0.5, 0.6) is 0 Å². The number of carboxylic acid groups (broad SMARTS) is 1. The molecule has 0 aliphatic rings. The number of carbonyl (C=O) groups excluding carboxylic acids is 1. The molecular formula is C27H28N4O3. The van der Waals surface area contributed by atoms with Crippen molar-refractivity contribution in [3.8, 4) is 11.1 Å². The second-order valence-corrected chi connectivity index (χ2v) is 8.35. The van der Waals surface area contributed by atoms with Crippen molar-refractivity contribution in [2.75, 3.05) is 5.32 Å². The number of carboxylic acids is 1. The predicted molar refractivity (Wildman–Crippen MR) is 134 cm³/mol. The normalized spacial score (nSPS) is 12.0. The summed E-state index contributed by atoms with van der Waals surface area (Å²) in [6, 6.07) is 18.6. The third-order valence-corrected chi connectivity index (χ3v) is 6.22. The topological polar surface area (TPSA) is 110 Å². The van der Waals surface area contributed by atoms with Gasteiger partial charge in [0, 0.05) is 30.4 Å². The fourth-order valence-electron chi connectivity index (χ4n) is 4.32. The number of carbonyl (C=O) groups is 2. The molecule has 4 aromatic rings. The molecule has 1 aromatic heterocycles. The van der Waals surface area contributed by atoms with Gasteiger partial charge in [0.05, 0.1) is 17.0 Å². The minimum Gasteiger partial charge on any atom is -0.481 e. The summed E-state index contributed by atoms with van der Waals surface area (Å²) >= 11 is 0. The molecule has 34 heavy (non-hydrogen) atoms. The van der Waals surface area contributed by atoms with E-state index in [0.717, 1.165) is 28.0 Å². The minimum atomic E-state index is -0.920. The fourth-order valence-corrected chi connectivity index (χ4v) is 4.32. The molecule has 7 nitrogen and oxygen atoms in total. The van der Waals surface area contributed by atoms with Gasteiger partial charge in [-0.3, -0.25) is 9.59 Å². The molecule has 174 valence electrons. The molecule has 1 amide bonds. The van der Waals surface area contributed by atoms with E-state index in [1.54, 1.807) is 30.3 Å². The van der Waals surface area contributed by atoms with Gasteiger partial charge in [-0.2, -0.15) is 0 Å². The van der Waals surface area contributed by atoms with Gasteiger partial charge in [0.1, 0.15) is 5.82 Å². The maximum absolute atomic E-state index is 13.4. The molecule has 4 N–H and O–H groups in total. The van der Waals surface area contributed by atoms with Crippen LogP contribution in [0.15, 0.2) is 60.7 Å². The van der Waals surface area contributed by atoms with E-state index in [4.69, 9.17) is 5.73 Å². The summed E-state index contributed by atoms with van der Waals surface area (Å²) in [5.41, 5.74) is 11.8. The van der Waals surface area contributed by atoms with E-state index < -0.39 is 11.9 Å². The Morgan fingerprint density at radius 3 is 2.59 bits per heavy atom. The smallest absolute Gasteiger partial charge is 0.311 e. The Balaban J connectivity index is 1.81. The molecule has 0 saturated carbocycles. The van der Waals surface area contributed by atoms with E-state index >= 15 is 0 Å². The molecule has 0 aliphatic carbocycles. The number of amides is 1. The van der Waals surface area contributed by atoms with Crippen LogP contribution in [-0.4, -0.2) is 26.5 Å². The molecule has 1 unspecified atom stereocenters. The number of fused-ring (bicyclic) bond motifs is 1. The Morgan fingerprint density at radius 1 is 1.12 bits per heavy atom. The number of aliphatic carboxylic acids is 1. The van der Waals surface area contributed by atoms with E-state index in [-0.39, 0.29) is 5.91 Å². The summed E-state index contributed by atoms with van der Waals surface area (Å²) in [6.07, 6.45) is 0.420. The molecule has 1 atom stereocenters. The maximum atomic E-state index is 13.4. The van der Waals surface area contributed by atoms with Gasteiger partial charge in [-0.05, 0) is 54.3 Å². The van der Waals surface area contributed by atoms with Crippen molar-refractivity contribution in [2.45, 2.75) is 32.7 Å². The van der Waals surface area contributed by atoms with Gasteiger partial charge in [-0.1, -0.05) is 43.3 Å². The number of benzene rings is 3. The first-order valence-electron chi connectivity index (χ1n) is 11.2. The second kappa shape index (κ2) is 9.49. The standard InChI is InChI=1S/C27H28N4O3/c1-4-20(27(33)34)21-10-5-6-11-23(21)30-26(32)19-13-22(18-9-7-8-17(12-18)15-28)25-24(14-19)29-16(2)31(25)3/h5-14,20H,4,15,28H2,1-3H3,(H,30,32)(H,33,34). The van der Waals surface area contributed by atoms with Crippen molar-refractivity contribution in [3.05, 3.63) is 83.2 Å². The van der Waals surface area contributed by atoms with Crippen molar-refractivity contribution in [3.63, 3.8) is 0 Å². The zero-order chi connectivity index (χ0) is 24.4. The lowest BCUT2D eigenvalue weighted by atomic mass is 9.94. The van der Waals surface area contributed by atoms with E-state index in [0.29, 0.717) is 35.3 Å². The zero-order valence-corrected chi connectivity index (χ0v) is 19.5. The number of aromatic nitrogens is 2. The highest BCUT2D eigenvalue weighted by Gasteiger charge is 2.22. The molecule has 7 heteroatoms. The molecule has 0 aliphatic heterocycles. The third kappa shape index (κ3) is 4.30. The molecule has 0 spiro atoms. The Labute approximate surface area is 198 Å². The summed E-state index contributed by atoms with van der Waals surface area (Å²) < 4.78 is 2.01. The van der Waals surface area contributed by atoms with Gasteiger partial charge in [-0.25, -0.2) is 4.98 Å². The molecule has 0 saturated heterocycles. The molecular weight excluding hydrogens is 428 g/mol. The van der Waals surface area contributed by atoms with E-state index in [1.807, 2.05) is 55.8 Å². The zero-order valence-electron chi connectivity index (χ0n) is 19.5. The van der Waals surface area contributed by atoms with Crippen molar-refractivity contribution in [1.82, 2.24) is 9.55 Å². The van der Waals surface area contributed by atoms with Gasteiger partial charge in [0.15, 0.2) is 0 Å².